The summed E-state index contributed by atoms with van der Waals surface area (Å²) in [6.07, 6.45) is 0.562. The van der Waals surface area contributed by atoms with Gasteiger partial charge in [-0.25, -0.2) is 0 Å². The van der Waals surface area contributed by atoms with E-state index in [1.165, 1.54) is 0 Å². The van der Waals surface area contributed by atoms with Gasteiger partial charge in [0, 0.05) is 25.7 Å². The Balaban J connectivity index is 2.65. The summed E-state index contributed by atoms with van der Waals surface area (Å²) in [7, 11) is 7.33. The van der Waals surface area contributed by atoms with Gasteiger partial charge in [-0.3, -0.25) is 4.99 Å². The van der Waals surface area contributed by atoms with Crippen molar-refractivity contribution in [3.05, 3.63) is 40.0 Å². The van der Waals surface area contributed by atoms with Crippen LogP contribution >= 0.6 is 11.6 Å². The van der Waals surface area contributed by atoms with E-state index in [1.807, 2.05) is 25.1 Å². The van der Waals surface area contributed by atoms with Gasteiger partial charge in [0.05, 0.1) is 10.7 Å². The van der Waals surface area contributed by atoms with E-state index in [2.05, 4.69) is 10.3 Å². The van der Waals surface area contributed by atoms with Crippen LogP contribution in [0.25, 0.3) is 0 Å². The van der Waals surface area contributed by atoms with Gasteiger partial charge in [0.15, 0.2) is 0 Å². The van der Waals surface area contributed by atoms with Crippen LogP contribution in [0.15, 0.2) is 34.4 Å². The van der Waals surface area contributed by atoms with Crippen molar-refractivity contribution in [1.82, 2.24) is 0 Å². The van der Waals surface area contributed by atoms with Crippen molar-refractivity contribution in [2.45, 2.75) is 13.3 Å². The molecular formula is C13H18BClN4. The van der Waals surface area contributed by atoms with Crippen LogP contribution in [0.2, 0.25) is 5.02 Å². The molecule has 0 saturated heterocycles. The molecule has 0 spiro atoms. The van der Waals surface area contributed by atoms with Crippen LogP contribution in [0.1, 0.15) is 12.0 Å². The molecule has 19 heavy (non-hydrogen) atoms. The molecule has 0 aromatic heterocycles. The predicted molar refractivity (Wildman–Crippen MR) is 83.8 cm³/mol. The van der Waals surface area contributed by atoms with Gasteiger partial charge < -0.3 is 16.8 Å². The second-order valence-electron chi connectivity index (χ2n) is 4.16. The fourth-order valence-corrected chi connectivity index (χ4v) is 1.89. The third-order valence-corrected chi connectivity index (χ3v) is 3.10. The average Bonchev–Trinajstić information content (AvgIpc) is 2.40. The van der Waals surface area contributed by atoms with Gasteiger partial charge in [-0.2, -0.15) is 0 Å². The van der Waals surface area contributed by atoms with Gasteiger partial charge in [-0.05, 0) is 24.0 Å². The Morgan fingerprint density at radius 3 is 2.68 bits per heavy atom. The summed E-state index contributed by atoms with van der Waals surface area (Å²) in [4.78, 5) is 3.79. The van der Waals surface area contributed by atoms with Crippen LogP contribution in [0.3, 0.4) is 0 Å². The summed E-state index contributed by atoms with van der Waals surface area (Å²) >= 11 is 6.11. The largest absolute Gasteiger partial charge is 0.402 e. The maximum Gasteiger partial charge on any atom is 0.121 e. The molecule has 0 amide bonds. The van der Waals surface area contributed by atoms with Crippen LogP contribution in [0.5, 0.6) is 0 Å². The van der Waals surface area contributed by atoms with Crippen molar-refractivity contribution in [3.8, 4) is 0 Å². The minimum Gasteiger partial charge on any atom is -0.402 e. The van der Waals surface area contributed by atoms with Gasteiger partial charge in [0.25, 0.3) is 0 Å². The molecule has 0 fully saturated rings. The van der Waals surface area contributed by atoms with E-state index in [-0.39, 0.29) is 5.84 Å². The lowest BCUT2D eigenvalue weighted by molar-refractivity contribution is 0.974. The number of amidine groups is 1. The van der Waals surface area contributed by atoms with E-state index in [9.17, 15) is 0 Å². The van der Waals surface area contributed by atoms with E-state index < -0.39 is 0 Å². The zero-order valence-electron chi connectivity index (χ0n) is 11.2. The number of halogens is 1. The van der Waals surface area contributed by atoms with Crippen LogP contribution in [-0.2, 0) is 0 Å². The number of aliphatic imine (C=N–C) groups is 1. The van der Waals surface area contributed by atoms with Gasteiger partial charge in [-0.1, -0.05) is 23.7 Å². The monoisotopic (exact) mass is 276 g/mol. The van der Waals surface area contributed by atoms with E-state index in [4.69, 9.17) is 30.9 Å². The van der Waals surface area contributed by atoms with Crippen molar-refractivity contribution in [3.63, 3.8) is 0 Å². The van der Waals surface area contributed by atoms with E-state index in [1.54, 1.807) is 7.05 Å². The fraction of sp³-hybridized carbons (Fsp3) is 0.308. The Morgan fingerprint density at radius 2 is 2.11 bits per heavy atom. The first kappa shape index (κ1) is 15.4. The highest BCUT2D eigenvalue weighted by Crippen LogP contribution is 2.25. The predicted octanol–water partition coefficient (Wildman–Crippen LogP) is 1.78. The second-order valence-corrected chi connectivity index (χ2v) is 4.56. The molecule has 0 unspecified atom stereocenters. The SMILES string of the molecule is [B]/C(C(N)=NC)=C(/N)CCNc1c(C)cccc1Cl. The number of hydrogen-bond acceptors (Lipinski definition) is 3. The van der Waals surface area contributed by atoms with E-state index in [0.717, 1.165) is 11.3 Å². The first-order chi connectivity index (χ1) is 8.97. The lowest BCUT2D eigenvalue weighted by atomic mass is 9.91. The molecule has 1 aromatic rings. The van der Waals surface area contributed by atoms with Crippen molar-refractivity contribution in [1.29, 1.82) is 0 Å². The van der Waals surface area contributed by atoms with Crippen LogP contribution in [0.4, 0.5) is 5.69 Å². The lowest BCUT2D eigenvalue weighted by Gasteiger charge is -2.12. The van der Waals surface area contributed by atoms with Crippen molar-refractivity contribution in [2.75, 3.05) is 18.9 Å². The standard InChI is InChI=1S/C13H18BClN4/c1-8-4-3-5-9(15)12(8)19-7-6-10(16)11(14)13(17)18-2/h3-5,19H,6-7,16H2,1-2H3,(H2,17,18)/b11-10+. The number of nitrogens with zero attached hydrogens (tertiary/aromatic N) is 1. The van der Waals surface area contributed by atoms with Gasteiger partial charge in [-0.15, -0.1) is 0 Å². The number of nitrogens with one attached hydrogen (secondary N) is 1. The second kappa shape index (κ2) is 7.09. The highest BCUT2D eigenvalue weighted by atomic mass is 35.5. The molecule has 0 atom stereocenters. The highest BCUT2D eigenvalue weighted by molar-refractivity contribution is 6.37. The minimum atomic E-state index is 0.256. The summed E-state index contributed by atoms with van der Waals surface area (Å²) in [5.74, 6) is 0.256. The van der Waals surface area contributed by atoms with Crippen LogP contribution < -0.4 is 16.8 Å². The summed E-state index contributed by atoms with van der Waals surface area (Å²) in [5.41, 5.74) is 14.3. The number of nitrogens with two attached hydrogens (primary N) is 2. The zero-order chi connectivity index (χ0) is 14.4. The maximum atomic E-state index is 6.11. The van der Waals surface area contributed by atoms with Gasteiger partial charge in [0.2, 0.25) is 0 Å². The molecule has 2 radical (unpaired) electrons. The molecule has 6 heteroatoms. The van der Waals surface area contributed by atoms with Crippen LogP contribution in [0, 0.1) is 6.92 Å². The Morgan fingerprint density at radius 1 is 1.42 bits per heavy atom. The Hall–Kier alpha value is -1.62. The number of para-hydroxylation sites is 1. The molecule has 0 aliphatic carbocycles. The van der Waals surface area contributed by atoms with E-state index >= 15 is 0 Å². The number of benzene rings is 1. The molecular weight excluding hydrogens is 258 g/mol. The molecule has 1 rings (SSSR count). The molecule has 0 heterocycles. The number of aryl methyl sites for hydroxylation is 1. The van der Waals surface area contributed by atoms with Crippen molar-refractivity contribution >= 4 is 31.0 Å². The summed E-state index contributed by atoms with van der Waals surface area (Å²) < 4.78 is 0. The van der Waals surface area contributed by atoms with Gasteiger partial charge >= 0.3 is 0 Å². The van der Waals surface area contributed by atoms with Crippen molar-refractivity contribution in [2.24, 2.45) is 16.5 Å². The number of rotatable bonds is 5. The third-order valence-electron chi connectivity index (χ3n) is 2.78. The molecule has 100 valence electrons. The fourth-order valence-electron chi connectivity index (χ4n) is 1.60. The molecule has 0 aliphatic heterocycles. The van der Waals surface area contributed by atoms with E-state index in [0.29, 0.717) is 29.2 Å². The Bertz CT molecular complexity index is 491. The zero-order valence-corrected chi connectivity index (χ0v) is 12.0. The quantitative estimate of drug-likeness (QED) is 0.436. The molecule has 0 bridgehead atoms. The topological polar surface area (TPSA) is 76.4 Å². The Labute approximate surface area is 120 Å². The Kier molecular flexibility index (Phi) is 5.76. The average molecular weight is 277 g/mol. The van der Waals surface area contributed by atoms with Crippen molar-refractivity contribution < 1.29 is 0 Å². The third kappa shape index (κ3) is 4.21. The number of hydrogen-bond donors (Lipinski definition) is 3. The first-order valence-corrected chi connectivity index (χ1v) is 6.30. The van der Waals surface area contributed by atoms with Crippen LogP contribution in [-0.4, -0.2) is 27.3 Å². The first-order valence-electron chi connectivity index (χ1n) is 5.93. The molecule has 4 nitrogen and oxygen atoms in total. The number of anilines is 1. The molecule has 0 saturated carbocycles. The summed E-state index contributed by atoms with van der Waals surface area (Å²) in [5, 5.41) is 3.93. The smallest absolute Gasteiger partial charge is 0.121 e. The van der Waals surface area contributed by atoms with Gasteiger partial charge in [0.1, 0.15) is 13.7 Å². The molecule has 5 N–H and O–H groups in total. The minimum absolute atomic E-state index is 0.256. The summed E-state index contributed by atoms with van der Waals surface area (Å²) in [6, 6.07) is 5.74. The summed E-state index contributed by atoms with van der Waals surface area (Å²) in [6.45, 7) is 2.61. The molecule has 1 aromatic carbocycles. The lowest BCUT2D eigenvalue weighted by Crippen LogP contribution is -2.21. The highest BCUT2D eigenvalue weighted by Gasteiger charge is 2.04. The molecule has 0 aliphatic rings. The maximum absolute atomic E-state index is 6.11. The normalized spacial score (nSPS) is 13.1.